The highest BCUT2D eigenvalue weighted by Gasteiger charge is 2.74. The number of nitrogens with two attached hydrogens (primary N) is 1. The van der Waals surface area contributed by atoms with E-state index < -0.39 is 45.1 Å². The fourth-order valence-corrected chi connectivity index (χ4v) is 11.7. The van der Waals surface area contributed by atoms with Crippen LogP contribution in [0.25, 0.3) is 0 Å². The van der Waals surface area contributed by atoms with Crippen LogP contribution in [0.1, 0.15) is 101 Å². The molecule has 0 aromatic heterocycles. The maximum atomic E-state index is 14.8. The quantitative estimate of drug-likeness (QED) is 0.197. The number of fused-ring (bicyclic) bond motifs is 3. The molecule has 9 nitrogen and oxygen atoms in total. The molecule has 1 unspecified atom stereocenters. The second kappa shape index (κ2) is 12.8. The van der Waals surface area contributed by atoms with E-state index in [9.17, 15) is 19.5 Å². The predicted octanol–water partition coefficient (Wildman–Crippen LogP) is 5.40. The van der Waals surface area contributed by atoms with Crippen molar-refractivity contribution in [3.8, 4) is 0 Å². The second-order valence-corrected chi connectivity index (χ2v) is 17.3. The summed E-state index contributed by atoms with van der Waals surface area (Å²) >= 11 is 0. The van der Waals surface area contributed by atoms with E-state index in [4.69, 9.17) is 19.9 Å². The number of rotatable bonds is 11. The molecule has 0 radical (unpaired) electrons. The van der Waals surface area contributed by atoms with Crippen molar-refractivity contribution < 1.29 is 33.7 Å². The van der Waals surface area contributed by atoms with Gasteiger partial charge in [0.25, 0.3) is 0 Å². The summed E-state index contributed by atoms with van der Waals surface area (Å²) in [6.45, 7) is 21.4. The molecule has 4 fully saturated rings. The lowest BCUT2D eigenvalue weighted by Crippen LogP contribution is -2.71. The predicted molar refractivity (Wildman–Crippen MR) is 180 cm³/mol. The van der Waals surface area contributed by atoms with E-state index in [2.05, 4.69) is 53.8 Å². The van der Waals surface area contributed by atoms with Gasteiger partial charge in [-0.05, 0) is 99.1 Å². The Hall–Kier alpha value is -1.81. The molecule has 1 saturated heterocycles. The molecule has 1 heterocycles. The molecule has 266 valence electrons. The van der Waals surface area contributed by atoms with Crippen molar-refractivity contribution in [1.82, 2.24) is 5.32 Å². The summed E-state index contributed by atoms with van der Waals surface area (Å²) in [5, 5.41) is 14.4. The molecule has 0 aromatic carbocycles. The molecule has 4 aliphatic carbocycles. The first kappa shape index (κ1) is 36.5. The highest BCUT2D eigenvalue weighted by Crippen LogP contribution is 2.74. The number of carbonyl (C=O) groups excluding carboxylic acids is 2. The van der Waals surface area contributed by atoms with Gasteiger partial charge in [0.1, 0.15) is 12.2 Å². The number of aliphatic carboxylic acids is 1. The number of ketones is 1. The number of allylic oxidation sites excluding steroid dienone is 1. The summed E-state index contributed by atoms with van der Waals surface area (Å²) in [5.41, 5.74) is 3.76. The zero-order valence-electron chi connectivity index (χ0n) is 30.4. The Morgan fingerprint density at radius 2 is 1.81 bits per heavy atom. The minimum atomic E-state index is -1.05. The van der Waals surface area contributed by atoms with E-state index in [0.29, 0.717) is 38.7 Å². The largest absolute Gasteiger partial charge is 0.481 e. The molecule has 5 rings (SSSR count). The van der Waals surface area contributed by atoms with Crippen LogP contribution in [0.5, 0.6) is 0 Å². The van der Waals surface area contributed by atoms with Crippen molar-refractivity contribution in [2.75, 3.05) is 32.9 Å². The van der Waals surface area contributed by atoms with Gasteiger partial charge in [0.05, 0.1) is 25.7 Å². The molecule has 0 aromatic rings. The molecular weight excluding hydrogens is 596 g/mol. The lowest BCUT2D eigenvalue weighted by Gasteiger charge is -2.70. The van der Waals surface area contributed by atoms with Gasteiger partial charge < -0.3 is 30.4 Å². The van der Waals surface area contributed by atoms with Gasteiger partial charge in [-0.15, -0.1) is 0 Å². The van der Waals surface area contributed by atoms with E-state index in [1.165, 1.54) is 6.92 Å². The van der Waals surface area contributed by atoms with Crippen LogP contribution in [0.15, 0.2) is 11.6 Å². The van der Waals surface area contributed by atoms with E-state index in [1.807, 2.05) is 13.0 Å². The maximum absolute atomic E-state index is 14.8. The Balaban J connectivity index is 1.56. The first-order valence-corrected chi connectivity index (χ1v) is 18.2. The zero-order valence-corrected chi connectivity index (χ0v) is 30.4. The number of carboxylic acid groups (broad SMARTS) is 1. The molecule has 5 aliphatic rings. The number of hydrogen-bond acceptors (Lipinski definition) is 8. The number of ether oxygens (including phenoxy) is 3. The SMILES string of the molecule is CC(=O)O[C@@H]1C[C@]23COC[C@](C)([C@@H]2CC[C@H]2C3=CC(=O)[C@@]3(C)[C@H](C(=O)O)[C@@](C)([C@H](C)C(C)C)CC[C@]23C)[C@H]1OCC(C)NCCCN. The van der Waals surface area contributed by atoms with Gasteiger partial charge in [0, 0.05) is 29.2 Å². The summed E-state index contributed by atoms with van der Waals surface area (Å²) in [7, 11) is 0. The van der Waals surface area contributed by atoms with Crippen molar-refractivity contribution in [3.63, 3.8) is 0 Å². The maximum Gasteiger partial charge on any atom is 0.308 e. The van der Waals surface area contributed by atoms with Crippen LogP contribution in [0.2, 0.25) is 0 Å². The normalized spacial score (nSPS) is 44.0. The molecule has 2 bridgehead atoms. The van der Waals surface area contributed by atoms with Crippen LogP contribution in [0.3, 0.4) is 0 Å². The van der Waals surface area contributed by atoms with Gasteiger partial charge in [0.2, 0.25) is 0 Å². The molecule has 4 N–H and O–H groups in total. The molecule has 0 spiro atoms. The smallest absolute Gasteiger partial charge is 0.308 e. The van der Waals surface area contributed by atoms with Crippen molar-refractivity contribution >= 4 is 17.7 Å². The van der Waals surface area contributed by atoms with E-state index >= 15 is 0 Å². The highest BCUT2D eigenvalue weighted by atomic mass is 16.6. The number of carboxylic acids is 1. The molecule has 9 heteroatoms. The van der Waals surface area contributed by atoms with Gasteiger partial charge in [0.15, 0.2) is 5.78 Å². The highest BCUT2D eigenvalue weighted by molar-refractivity contribution is 6.00. The Morgan fingerprint density at radius 1 is 1.11 bits per heavy atom. The molecule has 47 heavy (non-hydrogen) atoms. The molecule has 0 amide bonds. The van der Waals surface area contributed by atoms with Gasteiger partial charge in [-0.2, -0.15) is 0 Å². The topological polar surface area (TPSA) is 137 Å². The van der Waals surface area contributed by atoms with Gasteiger partial charge in [-0.25, -0.2) is 0 Å². The van der Waals surface area contributed by atoms with Crippen molar-refractivity contribution in [1.29, 1.82) is 0 Å². The summed E-state index contributed by atoms with van der Waals surface area (Å²) in [5.74, 6) is -1.41. The van der Waals surface area contributed by atoms with Crippen LogP contribution < -0.4 is 11.1 Å². The van der Waals surface area contributed by atoms with E-state index in [1.54, 1.807) is 0 Å². The Bertz CT molecular complexity index is 1270. The molecular formula is C38H62N2O7. The van der Waals surface area contributed by atoms with Gasteiger partial charge in [-0.3, -0.25) is 14.4 Å². The van der Waals surface area contributed by atoms with Gasteiger partial charge in [-0.1, -0.05) is 54.0 Å². The monoisotopic (exact) mass is 658 g/mol. The van der Waals surface area contributed by atoms with E-state index in [-0.39, 0.29) is 41.7 Å². The van der Waals surface area contributed by atoms with Crippen LogP contribution in [-0.2, 0) is 28.6 Å². The van der Waals surface area contributed by atoms with Crippen molar-refractivity contribution in [3.05, 3.63) is 11.6 Å². The third-order valence-electron chi connectivity index (χ3n) is 14.7. The van der Waals surface area contributed by atoms with E-state index in [0.717, 1.165) is 44.2 Å². The average molecular weight is 659 g/mol. The fraction of sp³-hybridized carbons (Fsp3) is 0.868. The first-order valence-electron chi connectivity index (χ1n) is 18.2. The summed E-state index contributed by atoms with van der Waals surface area (Å²) in [4.78, 5) is 40.7. The summed E-state index contributed by atoms with van der Waals surface area (Å²) in [6.07, 6.45) is 5.79. The minimum absolute atomic E-state index is 0.0374. The van der Waals surface area contributed by atoms with Crippen molar-refractivity contribution in [2.45, 2.75) is 119 Å². The van der Waals surface area contributed by atoms with Crippen molar-refractivity contribution in [2.24, 2.45) is 62.4 Å². The lowest BCUT2D eigenvalue weighted by atomic mass is 9.34. The molecule has 3 saturated carbocycles. The Kier molecular flexibility index (Phi) is 9.95. The number of esters is 1. The van der Waals surface area contributed by atoms with Crippen LogP contribution in [0.4, 0.5) is 0 Å². The number of hydrogen-bond donors (Lipinski definition) is 3. The molecule has 1 aliphatic heterocycles. The number of carbonyl (C=O) groups is 3. The number of nitrogens with one attached hydrogen (secondary N) is 1. The third kappa shape index (κ3) is 5.45. The van der Waals surface area contributed by atoms with Crippen LogP contribution >= 0.6 is 0 Å². The summed E-state index contributed by atoms with van der Waals surface area (Å²) in [6, 6.07) is 0.101. The Labute approximate surface area is 282 Å². The standard InChI is InChI=1S/C38H62N2O7/c1-22(2)24(4)34(6)13-14-36(8)26-11-12-29-35(7)20-45-21-38(29,27(26)17-30(42)37(36,9)31(34)33(43)44)18-28(47-25(5)41)32(35)46-19-23(3)40-16-10-15-39/h17,22-24,26,28-29,31-32,40H,10-16,18-21,39H2,1-9H3,(H,43,44)/t23?,24-,26+,28-,29+,31-,32+,34-,35-,36-,37+,38-/m1/s1. The van der Waals surface area contributed by atoms with Crippen LogP contribution in [0, 0.1) is 56.7 Å². The average Bonchev–Trinajstić information content (AvgIpc) is 2.97. The molecule has 12 atom stereocenters. The second-order valence-electron chi connectivity index (χ2n) is 17.3. The fourth-order valence-electron chi connectivity index (χ4n) is 11.7. The van der Waals surface area contributed by atoms with Crippen LogP contribution in [-0.4, -0.2) is 74.0 Å². The minimum Gasteiger partial charge on any atom is -0.481 e. The Morgan fingerprint density at radius 3 is 2.43 bits per heavy atom. The lowest BCUT2D eigenvalue weighted by molar-refractivity contribution is -0.266. The first-order chi connectivity index (χ1) is 21.9. The van der Waals surface area contributed by atoms with Gasteiger partial charge >= 0.3 is 11.9 Å². The summed E-state index contributed by atoms with van der Waals surface area (Å²) < 4.78 is 19.3. The zero-order chi connectivity index (χ0) is 34.7. The third-order valence-corrected chi connectivity index (χ3v) is 14.7.